The number of halogens is 1. The van der Waals surface area contributed by atoms with Crippen LogP contribution in [0.2, 0.25) is 0 Å². The molecule has 0 aliphatic rings. The van der Waals surface area contributed by atoms with Gasteiger partial charge in [0.05, 0.1) is 19.1 Å². The number of rotatable bonds is 7. The Labute approximate surface area is 118 Å². The number of nitrogens with zero attached hydrogens (tertiary/aromatic N) is 4. The van der Waals surface area contributed by atoms with Crippen LogP contribution in [0.5, 0.6) is 0 Å². The Morgan fingerprint density at radius 1 is 1.37 bits per heavy atom. The lowest BCUT2D eigenvalue weighted by atomic mass is 10.4. The lowest BCUT2D eigenvalue weighted by molar-refractivity contribution is 0.111. The Kier molecular flexibility index (Phi) is 5.13. The number of hydrogen-bond donors (Lipinski definition) is 0. The molecule has 19 heavy (non-hydrogen) atoms. The number of pyridine rings is 1. The molecule has 0 bridgehead atoms. The van der Waals surface area contributed by atoms with Crippen LogP contribution in [-0.4, -0.2) is 53.3 Å². The van der Waals surface area contributed by atoms with Crippen LogP contribution in [0, 0.1) is 0 Å². The molecule has 2 rings (SSSR count). The summed E-state index contributed by atoms with van der Waals surface area (Å²) in [6.07, 6.45) is 1.77. The average Bonchev–Trinajstić information content (AvgIpc) is 2.76. The fraction of sp³-hybridized carbons (Fsp3) is 0.538. The third kappa shape index (κ3) is 3.65. The van der Waals surface area contributed by atoms with Crippen LogP contribution in [0.1, 0.15) is 5.82 Å². The summed E-state index contributed by atoms with van der Waals surface area (Å²) in [6, 6.07) is 3.83. The maximum Gasteiger partial charge on any atom is 0.160 e. The standard InChI is InChI=1S/C13H19ClN4O/c1-17(2)6-8-19-9-7-18-12(10-14)16-11-4-3-5-15-13(11)18/h3-5H,6-10H2,1-2H3. The number of imidazole rings is 1. The molecule has 0 saturated heterocycles. The van der Waals surface area contributed by atoms with Gasteiger partial charge < -0.3 is 14.2 Å². The Morgan fingerprint density at radius 2 is 2.21 bits per heavy atom. The third-order valence-electron chi connectivity index (χ3n) is 2.84. The van der Waals surface area contributed by atoms with E-state index in [0.717, 1.165) is 36.7 Å². The molecule has 0 aromatic carbocycles. The van der Waals surface area contributed by atoms with E-state index in [1.165, 1.54) is 0 Å². The lowest BCUT2D eigenvalue weighted by Gasteiger charge is -2.11. The zero-order valence-corrected chi connectivity index (χ0v) is 12.1. The highest BCUT2D eigenvalue weighted by Crippen LogP contribution is 2.14. The number of fused-ring (bicyclic) bond motifs is 1. The van der Waals surface area contributed by atoms with Gasteiger partial charge in [-0.3, -0.25) is 0 Å². The van der Waals surface area contributed by atoms with Crippen LogP contribution < -0.4 is 0 Å². The van der Waals surface area contributed by atoms with E-state index in [2.05, 4.69) is 14.9 Å². The van der Waals surface area contributed by atoms with Crippen molar-refractivity contribution >= 4 is 22.8 Å². The molecular weight excluding hydrogens is 264 g/mol. The Balaban J connectivity index is 1.99. The zero-order valence-electron chi connectivity index (χ0n) is 11.3. The van der Waals surface area contributed by atoms with E-state index >= 15 is 0 Å². The summed E-state index contributed by atoms with van der Waals surface area (Å²) >= 11 is 5.93. The highest BCUT2D eigenvalue weighted by atomic mass is 35.5. The van der Waals surface area contributed by atoms with E-state index < -0.39 is 0 Å². The van der Waals surface area contributed by atoms with Gasteiger partial charge in [0.1, 0.15) is 11.3 Å². The summed E-state index contributed by atoms with van der Waals surface area (Å²) in [5.74, 6) is 1.22. The molecule has 0 aliphatic heterocycles. The van der Waals surface area contributed by atoms with Crippen molar-refractivity contribution in [2.24, 2.45) is 0 Å². The van der Waals surface area contributed by atoms with E-state index in [9.17, 15) is 0 Å². The van der Waals surface area contributed by atoms with E-state index in [1.807, 2.05) is 30.8 Å². The largest absolute Gasteiger partial charge is 0.378 e. The van der Waals surface area contributed by atoms with Crippen LogP contribution in [0.15, 0.2) is 18.3 Å². The second-order valence-electron chi connectivity index (χ2n) is 4.58. The molecule has 0 radical (unpaired) electrons. The van der Waals surface area contributed by atoms with Gasteiger partial charge in [-0.25, -0.2) is 9.97 Å². The van der Waals surface area contributed by atoms with Crippen molar-refractivity contribution in [3.05, 3.63) is 24.2 Å². The van der Waals surface area contributed by atoms with Crippen molar-refractivity contribution in [2.75, 3.05) is 33.9 Å². The SMILES string of the molecule is CN(C)CCOCCn1c(CCl)nc2cccnc21. The lowest BCUT2D eigenvalue weighted by Crippen LogP contribution is -2.19. The molecule has 0 saturated carbocycles. The number of ether oxygens (including phenoxy) is 1. The molecule has 0 aliphatic carbocycles. The quantitative estimate of drug-likeness (QED) is 0.573. The molecule has 0 fully saturated rings. The predicted molar refractivity (Wildman–Crippen MR) is 76.5 cm³/mol. The maximum atomic E-state index is 5.93. The number of aromatic nitrogens is 3. The Bertz CT molecular complexity index is 526. The monoisotopic (exact) mass is 282 g/mol. The Morgan fingerprint density at radius 3 is 2.95 bits per heavy atom. The van der Waals surface area contributed by atoms with Crippen molar-refractivity contribution in [3.8, 4) is 0 Å². The van der Waals surface area contributed by atoms with Crippen molar-refractivity contribution < 1.29 is 4.74 Å². The summed E-state index contributed by atoms with van der Waals surface area (Å²) in [5.41, 5.74) is 1.75. The third-order valence-corrected chi connectivity index (χ3v) is 3.08. The van der Waals surface area contributed by atoms with Gasteiger partial charge >= 0.3 is 0 Å². The molecule has 0 amide bonds. The van der Waals surface area contributed by atoms with Crippen molar-refractivity contribution in [2.45, 2.75) is 12.4 Å². The van der Waals surface area contributed by atoms with Crippen LogP contribution in [0.25, 0.3) is 11.2 Å². The molecule has 0 unspecified atom stereocenters. The summed E-state index contributed by atoms with van der Waals surface area (Å²) in [7, 11) is 4.06. The molecule has 0 spiro atoms. The van der Waals surface area contributed by atoms with Gasteiger partial charge in [-0.1, -0.05) is 0 Å². The van der Waals surface area contributed by atoms with Gasteiger partial charge in [0.15, 0.2) is 5.65 Å². The van der Waals surface area contributed by atoms with Gasteiger partial charge in [0.25, 0.3) is 0 Å². The van der Waals surface area contributed by atoms with E-state index in [0.29, 0.717) is 12.5 Å². The average molecular weight is 283 g/mol. The number of hydrogen-bond acceptors (Lipinski definition) is 4. The van der Waals surface area contributed by atoms with Crippen LogP contribution in [0.3, 0.4) is 0 Å². The molecule has 0 atom stereocenters. The van der Waals surface area contributed by atoms with E-state index in [4.69, 9.17) is 16.3 Å². The molecule has 104 valence electrons. The summed E-state index contributed by atoms with van der Waals surface area (Å²) < 4.78 is 7.63. The fourth-order valence-electron chi connectivity index (χ4n) is 1.85. The summed E-state index contributed by atoms with van der Waals surface area (Å²) in [5, 5.41) is 0. The topological polar surface area (TPSA) is 43.2 Å². The molecule has 2 aromatic heterocycles. The van der Waals surface area contributed by atoms with Crippen molar-refractivity contribution in [3.63, 3.8) is 0 Å². The minimum absolute atomic E-state index is 0.383. The van der Waals surface area contributed by atoms with Gasteiger partial charge in [-0.05, 0) is 26.2 Å². The highest BCUT2D eigenvalue weighted by molar-refractivity contribution is 6.16. The first kappa shape index (κ1) is 14.2. The van der Waals surface area contributed by atoms with Crippen molar-refractivity contribution in [1.29, 1.82) is 0 Å². The minimum atomic E-state index is 0.383. The second-order valence-corrected chi connectivity index (χ2v) is 4.84. The number of alkyl halides is 1. The fourth-order valence-corrected chi connectivity index (χ4v) is 2.05. The molecule has 0 N–H and O–H groups in total. The molecule has 2 heterocycles. The molecule has 2 aromatic rings. The maximum absolute atomic E-state index is 5.93. The smallest absolute Gasteiger partial charge is 0.160 e. The Hall–Kier alpha value is -1.17. The molecular formula is C13H19ClN4O. The van der Waals surface area contributed by atoms with Gasteiger partial charge in [0.2, 0.25) is 0 Å². The van der Waals surface area contributed by atoms with Gasteiger partial charge in [-0.15, -0.1) is 11.6 Å². The molecule has 5 nitrogen and oxygen atoms in total. The highest BCUT2D eigenvalue weighted by Gasteiger charge is 2.10. The summed E-state index contributed by atoms with van der Waals surface area (Å²) in [6.45, 7) is 3.01. The van der Waals surface area contributed by atoms with Crippen LogP contribution in [-0.2, 0) is 17.2 Å². The van der Waals surface area contributed by atoms with E-state index in [1.54, 1.807) is 6.20 Å². The zero-order chi connectivity index (χ0) is 13.7. The van der Waals surface area contributed by atoms with Crippen LogP contribution >= 0.6 is 11.6 Å². The van der Waals surface area contributed by atoms with Crippen molar-refractivity contribution in [1.82, 2.24) is 19.4 Å². The first-order valence-electron chi connectivity index (χ1n) is 6.31. The van der Waals surface area contributed by atoms with E-state index in [-0.39, 0.29) is 0 Å². The number of likely N-dealkylation sites (N-methyl/N-ethyl adjacent to an activating group) is 1. The predicted octanol–water partition coefficient (Wildman–Crippen LogP) is 1.75. The van der Waals surface area contributed by atoms with Crippen LogP contribution in [0.4, 0.5) is 0 Å². The first-order valence-corrected chi connectivity index (χ1v) is 6.84. The first-order chi connectivity index (χ1) is 9.22. The molecule has 6 heteroatoms. The normalized spacial score (nSPS) is 11.6. The summed E-state index contributed by atoms with van der Waals surface area (Å²) in [4.78, 5) is 10.9. The second kappa shape index (κ2) is 6.84. The van der Waals surface area contributed by atoms with Gasteiger partial charge in [0, 0.05) is 19.3 Å². The van der Waals surface area contributed by atoms with Gasteiger partial charge in [-0.2, -0.15) is 0 Å². The minimum Gasteiger partial charge on any atom is -0.378 e.